The van der Waals surface area contributed by atoms with Gasteiger partial charge >= 0.3 is 0 Å². The van der Waals surface area contributed by atoms with Gasteiger partial charge in [-0.1, -0.05) is 36.4 Å². The Morgan fingerprint density at radius 2 is 1.76 bits per heavy atom. The number of imidazole rings is 1. The summed E-state index contributed by atoms with van der Waals surface area (Å²) in [5.41, 5.74) is 3.76. The average molecular weight is 334 g/mol. The van der Waals surface area contributed by atoms with E-state index in [9.17, 15) is 4.79 Å². The number of hydrogen-bond acceptors (Lipinski definition) is 3. The first-order valence-electron chi connectivity index (χ1n) is 8.71. The van der Waals surface area contributed by atoms with Crippen LogP contribution in [-0.4, -0.2) is 51.3 Å². The number of aromatic nitrogens is 2. The maximum Gasteiger partial charge on any atom is 0.274 e. The molecule has 1 fully saturated rings. The molecule has 0 saturated carbocycles. The molecule has 25 heavy (non-hydrogen) atoms. The fraction of sp³-hybridized carbons (Fsp3) is 0.300. The zero-order valence-electron chi connectivity index (χ0n) is 14.4. The number of aryl methyl sites for hydroxylation is 1. The third kappa shape index (κ3) is 3.28. The van der Waals surface area contributed by atoms with Crippen LogP contribution in [-0.2, 0) is 6.54 Å². The molecule has 3 heterocycles. The van der Waals surface area contributed by atoms with Crippen molar-refractivity contribution in [3.63, 3.8) is 0 Å². The summed E-state index contributed by atoms with van der Waals surface area (Å²) in [4.78, 5) is 21.6. The normalized spacial score (nSPS) is 15.6. The van der Waals surface area contributed by atoms with Gasteiger partial charge in [-0.05, 0) is 24.6 Å². The van der Waals surface area contributed by atoms with Gasteiger partial charge in [0.1, 0.15) is 11.3 Å². The van der Waals surface area contributed by atoms with Gasteiger partial charge in [0.2, 0.25) is 0 Å². The number of carbonyl (C=O) groups excluding carboxylic acids is 1. The maximum absolute atomic E-state index is 12.8. The first-order chi connectivity index (χ1) is 12.2. The molecule has 0 radical (unpaired) electrons. The smallest absolute Gasteiger partial charge is 0.274 e. The van der Waals surface area contributed by atoms with Crippen LogP contribution in [0.3, 0.4) is 0 Å². The molecule has 0 bridgehead atoms. The minimum atomic E-state index is 0.0301. The van der Waals surface area contributed by atoms with Crippen LogP contribution in [0.4, 0.5) is 0 Å². The van der Waals surface area contributed by atoms with Gasteiger partial charge in [-0.25, -0.2) is 4.98 Å². The zero-order valence-corrected chi connectivity index (χ0v) is 14.4. The minimum Gasteiger partial charge on any atom is -0.335 e. The minimum absolute atomic E-state index is 0.0301. The molecular formula is C20H22N4O. The predicted molar refractivity (Wildman–Crippen MR) is 97.6 cm³/mol. The summed E-state index contributed by atoms with van der Waals surface area (Å²) < 4.78 is 1.97. The Bertz CT molecular complexity index is 879. The SMILES string of the molecule is Cc1cccc2nc(C(=O)N3CCN(Cc4ccccc4)CC3)cn12. The van der Waals surface area contributed by atoms with E-state index in [0.717, 1.165) is 44.1 Å². The molecule has 3 aromatic rings. The summed E-state index contributed by atoms with van der Waals surface area (Å²) >= 11 is 0. The summed E-state index contributed by atoms with van der Waals surface area (Å²) in [5.74, 6) is 0.0301. The van der Waals surface area contributed by atoms with E-state index in [1.54, 1.807) is 0 Å². The second kappa shape index (κ2) is 6.69. The molecule has 1 amide bonds. The van der Waals surface area contributed by atoms with Gasteiger partial charge in [0, 0.05) is 44.6 Å². The largest absolute Gasteiger partial charge is 0.335 e. The van der Waals surface area contributed by atoms with Crippen molar-refractivity contribution < 1.29 is 4.79 Å². The molecule has 1 aliphatic heterocycles. The Hall–Kier alpha value is -2.66. The highest BCUT2D eigenvalue weighted by Crippen LogP contribution is 2.13. The van der Waals surface area contributed by atoms with Crippen molar-refractivity contribution >= 4 is 11.6 Å². The van der Waals surface area contributed by atoms with Crippen LogP contribution in [0.2, 0.25) is 0 Å². The Morgan fingerprint density at radius 1 is 1.00 bits per heavy atom. The summed E-state index contributed by atoms with van der Waals surface area (Å²) in [5, 5.41) is 0. The average Bonchev–Trinajstić information content (AvgIpc) is 3.08. The van der Waals surface area contributed by atoms with Crippen molar-refractivity contribution in [2.24, 2.45) is 0 Å². The maximum atomic E-state index is 12.8. The fourth-order valence-electron chi connectivity index (χ4n) is 3.36. The molecule has 0 spiro atoms. The number of pyridine rings is 1. The molecule has 0 atom stereocenters. The molecule has 5 heteroatoms. The van der Waals surface area contributed by atoms with Crippen molar-refractivity contribution in [3.05, 3.63) is 71.7 Å². The molecule has 128 valence electrons. The van der Waals surface area contributed by atoms with E-state index in [1.165, 1.54) is 5.56 Å². The Labute approximate surface area is 147 Å². The molecular weight excluding hydrogens is 312 g/mol. The number of hydrogen-bond donors (Lipinski definition) is 0. The molecule has 1 saturated heterocycles. The zero-order chi connectivity index (χ0) is 17.2. The van der Waals surface area contributed by atoms with Crippen molar-refractivity contribution in [1.82, 2.24) is 19.2 Å². The topological polar surface area (TPSA) is 40.9 Å². The van der Waals surface area contributed by atoms with Gasteiger partial charge in [-0.3, -0.25) is 9.69 Å². The van der Waals surface area contributed by atoms with E-state index in [2.05, 4.69) is 34.1 Å². The van der Waals surface area contributed by atoms with Crippen LogP contribution >= 0.6 is 0 Å². The van der Waals surface area contributed by atoms with Crippen LogP contribution in [0, 0.1) is 6.92 Å². The number of piperazine rings is 1. The summed E-state index contributed by atoms with van der Waals surface area (Å²) in [6.45, 7) is 6.25. The van der Waals surface area contributed by atoms with E-state index >= 15 is 0 Å². The standard InChI is InChI=1S/C20H22N4O/c1-16-6-5-9-19-21-18(15-24(16)19)20(25)23-12-10-22(11-13-23)14-17-7-3-2-4-8-17/h2-9,15H,10-14H2,1H3. The van der Waals surface area contributed by atoms with Gasteiger partial charge in [-0.2, -0.15) is 0 Å². The van der Waals surface area contributed by atoms with Gasteiger partial charge in [-0.15, -0.1) is 0 Å². The molecule has 0 N–H and O–H groups in total. The van der Waals surface area contributed by atoms with E-state index in [4.69, 9.17) is 0 Å². The van der Waals surface area contributed by atoms with Gasteiger partial charge in [0.15, 0.2) is 0 Å². The van der Waals surface area contributed by atoms with Crippen LogP contribution < -0.4 is 0 Å². The Balaban J connectivity index is 1.41. The van der Waals surface area contributed by atoms with Gasteiger partial charge < -0.3 is 9.30 Å². The fourth-order valence-corrected chi connectivity index (χ4v) is 3.36. The molecule has 1 aromatic carbocycles. The lowest BCUT2D eigenvalue weighted by Crippen LogP contribution is -2.48. The van der Waals surface area contributed by atoms with E-state index in [1.807, 2.05) is 46.7 Å². The lowest BCUT2D eigenvalue weighted by Gasteiger charge is -2.34. The summed E-state index contributed by atoms with van der Waals surface area (Å²) in [6, 6.07) is 16.4. The van der Waals surface area contributed by atoms with Gasteiger partial charge in [0.05, 0.1) is 0 Å². The highest BCUT2D eigenvalue weighted by molar-refractivity contribution is 5.93. The molecule has 0 aliphatic carbocycles. The molecule has 4 rings (SSSR count). The number of carbonyl (C=O) groups is 1. The first-order valence-corrected chi connectivity index (χ1v) is 8.71. The quantitative estimate of drug-likeness (QED) is 0.739. The van der Waals surface area contributed by atoms with E-state index < -0.39 is 0 Å². The van der Waals surface area contributed by atoms with Crippen LogP contribution in [0.15, 0.2) is 54.7 Å². The van der Waals surface area contributed by atoms with E-state index in [-0.39, 0.29) is 5.91 Å². The van der Waals surface area contributed by atoms with Crippen LogP contribution in [0.1, 0.15) is 21.7 Å². The van der Waals surface area contributed by atoms with Crippen molar-refractivity contribution in [2.75, 3.05) is 26.2 Å². The lowest BCUT2D eigenvalue weighted by molar-refractivity contribution is 0.0623. The second-order valence-corrected chi connectivity index (χ2v) is 6.58. The van der Waals surface area contributed by atoms with Crippen molar-refractivity contribution in [1.29, 1.82) is 0 Å². The van der Waals surface area contributed by atoms with Gasteiger partial charge in [0.25, 0.3) is 5.91 Å². The number of benzene rings is 1. The molecule has 1 aliphatic rings. The summed E-state index contributed by atoms with van der Waals surface area (Å²) in [7, 11) is 0. The van der Waals surface area contributed by atoms with Crippen LogP contribution in [0.25, 0.3) is 5.65 Å². The Kier molecular flexibility index (Phi) is 4.24. The Morgan fingerprint density at radius 3 is 2.48 bits per heavy atom. The monoisotopic (exact) mass is 334 g/mol. The number of fused-ring (bicyclic) bond motifs is 1. The van der Waals surface area contributed by atoms with E-state index in [0.29, 0.717) is 5.69 Å². The number of nitrogens with zero attached hydrogens (tertiary/aromatic N) is 4. The number of rotatable bonds is 3. The first kappa shape index (κ1) is 15.8. The number of amides is 1. The molecule has 0 unspecified atom stereocenters. The summed E-state index contributed by atoms with van der Waals surface area (Å²) in [6.07, 6.45) is 1.85. The van der Waals surface area contributed by atoms with Crippen LogP contribution in [0.5, 0.6) is 0 Å². The third-order valence-electron chi connectivity index (χ3n) is 4.82. The second-order valence-electron chi connectivity index (χ2n) is 6.58. The van der Waals surface area contributed by atoms with Crippen molar-refractivity contribution in [2.45, 2.75) is 13.5 Å². The lowest BCUT2D eigenvalue weighted by atomic mass is 10.2. The highest BCUT2D eigenvalue weighted by atomic mass is 16.2. The predicted octanol–water partition coefficient (Wildman–Crippen LogP) is 2.60. The van der Waals surface area contributed by atoms with Crippen molar-refractivity contribution in [3.8, 4) is 0 Å². The third-order valence-corrected chi connectivity index (χ3v) is 4.82. The molecule has 2 aromatic heterocycles. The highest BCUT2D eigenvalue weighted by Gasteiger charge is 2.24. The molecule has 5 nitrogen and oxygen atoms in total.